The van der Waals surface area contributed by atoms with Crippen LogP contribution in [0.25, 0.3) is 0 Å². The van der Waals surface area contributed by atoms with Crippen LogP contribution in [0.3, 0.4) is 0 Å². The van der Waals surface area contributed by atoms with Gasteiger partial charge in [0.25, 0.3) is 0 Å². The monoisotopic (exact) mass is 237 g/mol. The van der Waals surface area contributed by atoms with Crippen molar-refractivity contribution in [2.75, 3.05) is 20.8 Å². The predicted molar refractivity (Wildman–Crippen MR) is 70.8 cm³/mol. The maximum absolute atomic E-state index is 5.76. The molecule has 0 saturated carbocycles. The highest BCUT2D eigenvalue weighted by molar-refractivity contribution is 5.42. The first-order valence-corrected chi connectivity index (χ1v) is 6.26. The number of hydrogen-bond donors (Lipinski definition) is 1. The van der Waals surface area contributed by atoms with Crippen molar-refractivity contribution in [1.29, 1.82) is 0 Å². The Morgan fingerprint density at radius 2 is 2.00 bits per heavy atom. The van der Waals surface area contributed by atoms with Gasteiger partial charge in [-0.1, -0.05) is 25.8 Å². The molecule has 3 heteroatoms. The van der Waals surface area contributed by atoms with E-state index in [-0.39, 0.29) is 0 Å². The van der Waals surface area contributed by atoms with Crippen LogP contribution in [-0.2, 0) is 6.54 Å². The largest absolute Gasteiger partial charge is 0.493 e. The summed E-state index contributed by atoms with van der Waals surface area (Å²) >= 11 is 0. The first-order valence-electron chi connectivity index (χ1n) is 6.26. The van der Waals surface area contributed by atoms with Crippen molar-refractivity contribution in [3.63, 3.8) is 0 Å². The molecule has 0 unspecified atom stereocenters. The number of nitrogens with one attached hydrogen (secondary N) is 1. The summed E-state index contributed by atoms with van der Waals surface area (Å²) in [5.74, 6) is 1.65. The first-order chi connectivity index (χ1) is 8.31. The van der Waals surface area contributed by atoms with Crippen LogP contribution in [0, 0.1) is 0 Å². The normalized spacial score (nSPS) is 10.3. The van der Waals surface area contributed by atoms with Crippen LogP contribution >= 0.6 is 0 Å². The van der Waals surface area contributed by atoms with E-state index in [0.29, 0.717) is 0 Å². The predicted octanol–water partition coefficient (Wildman–Crippen LogP) is 2.98. The van der Waals surface area contributed by atoms with Gasteiger partial charge in [0.15, 0.2) is 11.5 Å². The van der Waals surface area contributed by atoms with Gasteiger partial charge in [0.2, 0.25) is 0 Å². The topological polar surface area (TPSA) is 30.5 Å². The van der Waals surface area contributed by atoms with E-state index in [9.17, 15) is 0 Å². The average Bonchev–Trinajstić information content (AvgIpc) is 2.35. The molecule has 1 aromatic carbocycles. The molecule has 1 rings (SSSR count). The Hall–Kier alpha value is -1.22. The van der Waals surface area contributed by atoms with E-state index in [1.165, 1.54) is 18.4 Å². The molecule has 3 nitrogen and oxygen atoms in total. The summed E-state index contributed by atoms with van der Waals surface area (Å²) in [5.41, 5.74) is 1.21. The van der Waals surface area contributed by atoms with Crippen molar-refractivity contribution < 1.29 is 9.47 Å². The SMILES string of the molecule is CCCCCOc1cc(CNC)ccc1OC. The summed E-state index contributed by atoms with van der Waals surface area (Å²) in [7, 11) is 3.61. The molecule has 17 heavy (non-hydrogen) atoms. The Bertz CT molecular complexity index is 326. The Kier molecular flexibility index (Phi) is 6.48. The van der Waals surface area contributed by atoms with Gasteiger partial charge >= 0.3 is 0 Å². The molecule has 0 amide bonds. The fraction of sp³-hybridized carbons (Fsp3) is 0.571. The lowest BCUT2D eigenvalue weighted by atomic mass is 10.2. The molecule has 0 aliphatic heterocycles. The molecule has 0 bridgehead atoms. The van der Waals surface area contributed by atoms with Crippen molar-refractivity contribution in [3.8, 4) is 11.5 Å². The Morgan fingerprint density at radius 1 is 1.18 bits per heavy atom. The zero-order valence-corrected chi connectivity index (χ0v) is 11.1. The van der Waals surface area contributed by atoms with E-state index in [4.69, 9.17) is 9.47 Å². The number of benzene rings is 1. The van der Waals surface area contributed by atoms with Crippen molar-refractivity contribution >= 4 is 0 Å². The van der Waals surface area contributed by atoms with Crippen molar-refractivity contribution in [2.45, 2.75) is 32.7 Å². The molecule has 0 fully saturated rings. The van der Waals surface area contributed by atoms with Gasteiger partial charge in [-0.3, -0.25) is 0 Å². The molecule has 0 radical (unpaired) electrons. The molecule has 1 aromatic rings. The van der Waals surface area contributed by atoms with Gasteiger partial charge in [0, 0.05) is 6.54 Å². The van der Waals surface area contributed by atoms with Gasteiger partial charge < -0.3 is 14.8 Å². The average molecular weight is 237 g/mol. The third kappa shape index (κ3) is 4.65. The second kappa shape index (κ2) is 7.96. The van der Waals surface area contributed by atoms with E-state index in [1.807, 2.05) is 25.2 Å². The molecule has 0 aliphatic rings. The van der Waals surface area contributed by atoms with Crippen LogP contribution in [0.1, 0.15) is 31.7 Å². The summed E-state index contributed by atoms with van der Waals surface area (Å²) in [6.45, 7) is 3.79. The second-order valence-corrected chi connectivity index (χ2v) is 4.07. The van der Waals surface area contributed by atoms with Crippen LogP contribution in [0.2, 0.25) is 0 Å². The van der Waals surface area contributed by atoms with E-state index in [1.54, 1.807) is 7.11 Å². The van der Waals surface area contributed by atoms with E-state index in [2.05, 4.69) is 12.2 Å². The maximum Gasteiger partial charge on any atom is 0.161 e. The van der Waals surface area contributed by atoms with Crippen molar-refractivity contribution in [2.24, 2.45) is 0 Å². The number of rotatable bonds is 8. The van der Waals surface area contributed by atoms with E-state index in [0.717, 1.165) is 31.1 Å². The summed E-state index contributed by atoms with van der Waals surface area (Å²) in [4.78, 5) is 0. The summed E-state index contributed by atoms with van der Waals surface area (Å²) in [5, 5.41) is 3.13. The Labute approximate surface area is 104 Å². The van der Waals surface area contributed by atoms with Crippen molar-refractivity contribution in [3.05, 3.63) is 23.8 Å². The number of ether oxygens (including phenoxy) is 2. The summed E-state index contributed by atoms with van der Waals surface area (Å²) in [6.07, 6.45) is 3.51. The minimum Gasteiger partial charge on any atom is -0.493 e. The van der Waals surface area contributed by atoms with Crippen LogP contribution < -0.4 is 14.8 Å². The molecule has 0 spiro atoms. The van der Waals surface area contributed by atoms with Crippen molar-refractivity contribution in [1.82, 2.24) is 5.32 Å². The van der Waals surface area contributed by atoms with Crippen LogP contribution in [0.5, 0.6) is 11.5 Å². The number of hydrogen-bond acceptors (Lipinski definition) is 3. The molecule has 0 heterocycles. The third-order valence-electron chi connectivity index (χ3n) is 2.61. The number of methoxy groups -OCH3 is 1. The van der Waals surface area contributed by atoms with Gasteiger partial charge in [0.05, 0.1) is 13.7 Å². The Balaban J connectivity index is 2.62. The highest BCUT2D eigenvalue weighted by Crippen LogP contribution is 2.28. The van der Waals surface area contributed by atoms with Crippen LogP contribution in [0.15, 0.2) is 18.2 Å². The second-order valence-electron chi connectivity index (χ2n) is 4.07. The van der Waals surface area contributed by atoms with Gasteiger partial charge in [0.1, 0.15) is 0 Å². The van der Waals surface area contributed by atoms with Crippen LogP contribution in [0.4, 0.5) is 0 Å². The smallest absolute Gasteiger partial charge is 0.161 e. The maximum atomic E-state index is 5.76. The number of unbranched alkanes of at least 4 members (excludes halogenated alkanes) is 2. The molecule has 1 N–H and O–H groups in total. The minimum atomic E-state index is 0.757. The lowest BCUT2D eigenvalue weighted by Gasteiger charge is -2.12. The van der Waals surface area contributed by atoms with Gasteiger partial charge in [-0.15, -0.1) is 0 Å². The quantitative estimate of drug-likeness (QED) is 0.705. The third-order valence-corrected chi connectivity index (χ3v) is 2.61. The lowest BCUT2D eigenvalue weighted by Crippen LogP contribution is -2.06. The zero-order chi connectivity index (χ0) is 12.5. The lowest BCUT2D eigenvalue weighted by molar-refractivity contribution is 0.285. The minimum absolute atomic E-state index is 0.757. The first kappa shape index (κ1) is 13.8. The molecular formula is C14H23NO2. The van der Waals surface area contributed by atoms with Crippen LogP contribution in [-0.4, -0.2) is 20.8 Å². The summed E-state index contributed by atoms with van der Waals surface area (Å²) in [6, 6.07) is 6.05. The molecule has 0 aromatic heterocycles. The van der Waals surface area contributed by atoms with Gasteiger partial charge in [-0.25, -0.2) is 0 Å². The summed E-state index contributed by atoms with van der Waals surface area (Å²) < 4.78 is 11.1. The Morgan fingerprint density at radius 3 is 2.65 bits per heavy atom. The van der Waals surface area contributed by atoms with Gasteiger partial charge in [-0.05, 0) is 31.2 Å². The van der Waals surface area contributed by atoms with E-state index < -0.39 is 0 Å². The van der Waals surface area contributed by atoms with E-state index >= 15 is 0 Å². The highest BCUT2D eigenvalue weighted by atomic mass is 16.5. The standard InChI is InChI=1S/C14H23NO2/c1-4-5-6-9-17-14-10-12(11-15-2)7-8-13(14)16-3/h7-8,10,15H,4-6,9,11H2,1-3H3. The fourth-order valence-corrected chi connectivity index (χ4v) is 1.68. The molecule has 96 valence electrons. The highest BCUT2D eigenvalue weighted by Gasteiger charge is 2.05. The van der Waals surface area contributed by atoms with Gasteiger partial charge in [-0.2, -0.15) is 0 Å². The molecule has 0 aliphatic carbocycles. The molecule has 0 saturated heterocycles. The molecule has 0 atom stereocenters. The zero-order valence-electron chi connectivity index (χ0n) is 11.1. The molecular weight excluding hydrogens is 214 g/mol. The fourth-order valence-electron chi connectivity index (χ4n) is 1.68.